The summed E-state index contributed by atoms with van der Waals surface area (Å²) in [6.45, 7) is 9.44. The van der Waals surface area contributed by atoms with Gasteiger partial charge < -0.3 is 9.80 Å². The standard InChI is InChI=1S/C41H32N4/c1-39(2)25-19-21-42-23-35(25)44-33-17-7-5-11-27(33)41(31-15-9-13-29(39)37(31)44)28-12-6-8-18-34(28)45-36-24-43-22-20-26(36)40(3,4)30-14-10-16-32(41)38(30)45/h5-24H,1-4H3. The topological polar surface area (TPSA) is 32.3 Å². The summed E-state index contributed by atoms with van der Waals surface area (Å²) in [5.74, 6) is 0. The molecule has 4 aromatic carbocycles. The molecule has 1 spiro atoms. The molecule has 0 N–H and O–H groups in total. The second kappa shape index (κ2) is 8.08. The van der Waals surface area contributed by atoms with E-state index in [0.717, 1.165) is 11.4 Å². The zero-order valence-corrected chi connectivity index (χ0v) is 25.8. The summed E-state index contributed by atoms with van der Waals surface area (Å²) in [7, 11) is 0. The van der Waals surface area contributed by atoms with Crippen molar-refractivity contribution in [3.63, 3.8) is 0 Å². The zero-order chi connectivity index (χ0) is 30.3. The molecule has 0 atom stereocenters. The highest BCUT2D eigenvalue weighted by molar-refractivity contribution is 6.01. The number of benzene rings is 4. The zero-order valence-electron chi connectivity index (χ0n) is 25.8. The predicted molar refractivity (Wildman–Crippen MR) is 181 cm³/mol. The molecule has 6 heterocycles. The van der Waals surface area contributed by atoms with E-state index in [0.29, 0.717) is 0 Å². The smallest absolute Gasteiger partial charge is 0.0783 e. The highest BCUT2D eigenvalue weighted by Crippen LogP contribution is 2.68. The summed E-state index contributed by atoms with van der Waals surface area (Å²) >= 11 is 0. The summed E-state index contributed by atoms with van der Waals surface area (Å²) in [6, 6.07) is 36.5. The van der Waals surface area contributed by atoms with Crippen molar-refractivity contribution in [2.75, 3.05) is 9.80 Å². The minimum Gasteiger partial charge on any atom is -0.308 e. The fraction of sp³-hybridized carbons (Fsp3) is 0.171. The molecule has 10 rings (SSSR count). The highest BCUT2D eigenvalue weighted by atomic mass is 15.2. The van der Waals surface area contributed by atoms with E-state index < -0.39 is 5.41 Å². The number of anilines is 6. The Hall–Kier alpha value is -5.22. The van der Waals surface area contributed by atoms with Crippen molar-refractivity contribution < 1.29 is 0 Å². The molecule has 0 saturated carbocycles. The second-order valence-electron chi connectivity index (χ2n) is 13.9. The van der Waals surface area contributed by atoms with Gasteiger partial charge in [-0.25, -0.2) is 0 Å². The summed E-state index contributed by atoms with van der Waals surface area (Å²) in [6.07, 6.45) is 7.98. The Balaban J connectivity index is 1.42. The van der Waals surface area contributed by atoms with Crippen molar-refractivity contribution in [3.8, 4) is 0 Å². The Labute approximate surface area is 263 Å². The van der Waals surface area contributed by atoms with Gasteiger partial charge in [-0.15, -0.1) is 0 Å². The predicted octanol–water partition coefficient (Wildman–Crippen LogP) is 9.70. The fourth-order valence-corrected chi connectivity index (χ4v) is 9.24. The van der Waals surface area contributed by atoms with Gasteiger partial charge in [-0.2, -0.15) is 0 Å². The van der Waals surface area contributed by atoms with Gasteiger partial charge in [0, 0.05) is 23.2 Å². The summed E-state index contributed by atoms with van der Waals surface area (Å²) in [5.41, 5.74) is 16.8. The number of rotatable bonds is 0. The van der Waals surface area contributed by atoms with E-state index in [4.69, 9.17) is 0 Å². The lowest BCUT2D eigenvalue weighted by Gasteiger charge is -2.55. The van der Waals surface area contributed by atoms with Gasteiger partial charge in [-0.1, -0.05) is 100 Å². The molecule has 0 aliphatic carbocycles. The van der Waals surface area contributed by atoms with E-state index in [1.807, 2.05) is 12.4 Å². The van der Waals surface area contributed by atoms with Crippen LogP contribution in [0.25, 0.3) is 0 Å². The fourth-order valence-electron chi connectivity index (χ4n) is 9.24. The van der Waals surface area contributed by atoms with Crippen molar-refractivity contribution in [1.82, 2.24) is 9.97 Å². The van der Waals surface area contributed by atoms with Gasteiger partial charge >= 0.3 is 0 Å². The van der Waals surface area contributed by atoms with Gasteiger partial charge in [0.2, 0.25) is 0 Å². The van der Waals surface area contributed by atoms with E-state index in [2.05, 4.69) is 157 Å². The van der Waals surface area contributed by atoms with Crippen LogP contribution in [0.5, 0.6) is 0 Å². The third-order valence-corrected chi connectivity index (χ3v) is 11.2. The maximum absolute atomic E-state index is 4.66. The quantitative estimate of drug-likeness (QED) is 0.179. The van der Waals surface area contributed by atoms with Crippen molar-refractivity contribution in [1.29, 1.82) is 0 Å². The number of hydrogen-bond acceptors (Lipinski definition) is 4. The van der Waals surface area contributed by atoms with Crippen molar-refractivity contribution in [3.05, 3.63) is 166 Å². The average molecular weight is 581 g/mol. The summed E-state index contributed by atoms with van der Waals surface area (Å²) < 4.78 is 0. The first-order valence-corrected chi connectivity index (χ1v) is 15.8. The van der Waals surface area contributed by atoms with Gasteiger partial charge in [-0.05, 0) is 68.8 Å². The maximum atomic E-state index is 4.66. The SMILES string of the molecule is CC1(C)c2ccncc2N2c3ccccc3C3(c4ccccc4N4c5cnccc5C(C)(C)c5cccc3c54)c3cccc1c32. The van der Waals surface area contributed by atoms with Crippen molar-refractivity contribution in [2.24, 2.45) is 0 Å². The normalized spacial score (nSPS) is 17.8. The van der Waals surface area contributed by atoms with E-state index in [9.17, 15) is 0 Å². The van der Waals surface area contributed by atoms with Gasteiger partial charge in [0.25, 0.3) is 0 Å². The second-order valence-corrected chi connectivity index (χ2v) is 13.9. The minimum absolute atomic E-state index is 0.198. The first-order chi connectivity index (χ1) is 21.9. The van der Waals surface area contributed by atoms with Crippen LogP contribution in [0.4, 0.5) is 34.1 Å². The third kappa shape index (κ3) is 2.72. The Morgan fingerprint density at radius 3 is 1.27 bits per heavy atom. The van der Waals surface area contributed by atoms with Gasteiger partial charge in [-0.3, -0.25) is 9.97 Å². The van der Waals surface area contributed by atoms with Gasteiger partial charge in [0.05, 0.1) is 51.9 Å². The molecule has 4 aliphatic heterocycles. The Morgan fingerprint density at radius 1 is 0.400 bits per heavy atom. The van der Waals surface area contributed by atoms with Gasteiger partial charge in [0.15, 0.2) is 0 Å². The Kier molecular flexibility index (Phi) is 4.51. The number of aromatic nitrogens is 2. The van der Waals surface area contributed by atoms with E-state index in [-0.39, 0.29) is 10.8 Å². The monoisotopic (exact) mass is 580 g/mol. The molecule has 0 amide bonds. The largest absolute Gasteiger partial charge is 0.308 e. The van der Waals surface area contributed by atoms with Crippen LogP contribution in [0.15, 0.2) is 122 Å². The minimum atomic E-state index is -0.539. The van der Waals surface area contributed by atoms with E-state index in [1.165, 1.54) is 67.3 Å². The van der Waals surface area contributed by atoms with Crippen molar-refractivity contribution in [2.45, 2.75) is 43.9 Å². The summed E-state index contributed by atoms with van der Waals surface area (Å²) in [5, 5.41) is 0. The van der Waals surface area contributed by atoms with Crippen LogP contribution >= 0.6 is 0 Å². The first-order valence-electron chi connectivity index (χ1n) is 15.8. The lowest BCUT2D eigenvalue weighted by atomic mass is 9.57. The lowest BCUT2D eigenvalue weighted by Crippen LogP contribution is -2.46. The molecule has 2 aromatic heterocycles. The van der Waals surface area contributed by atoms with E-state index >= 15 is 0 Å². The van der Waals surface area contributed by atoms with Crippen LogP contribution < -0.4 is 9.80 Å². The maximum Gasteiger partial charge on any atom is 0.0783 e. The average Bonchev–Trinajstić information content (AvgIpc) is 3.07. The first kappa shape index (κ1) is 25.1. The van der Waals surface area contributed by atoms with Crippen LogP contribution in [-0.4, -0.2) is 9.97 Å². The van der Waals surface area contributed by atoms with E-state index in [1.54, 1.807) is 0 Å². The number of pyridine rings is 2. The molecular weight excluding hydrogens is 548 g/mol. The van der Waals surface area contributed by atoms with Gasteiger partial charge in [0.1, 0.15) is 0 Å². The molecule has 0 bridgehead atoms. The van der Waals surface area contributed by atoms with Crippen LogP contribution in [-0.2, 0) is 16.2 Å². The molecule has 6 aromatic rings. The molecule has 0 saturated heterocycles. The Bertz CT molecular complexity index is 2100. The van der Waals surface area contributed by atoms with Crippen molar-refractivity contribution >= 4 is 34.1 Å². The van der Waals surface area contributed by atoms with Crippen LogP contribution in [0.3, 0.4) is 0 Å². The number of fused-ring (bicyclic) bond motifs is 12. The molecule has 4 nitrogen and oxygen atoms in total. The molecule has 216 valence electrons. The third-order valence-electron chi connectivity index (χ3n) is 11.2. The van der Waals surface area contributed by atoms with Crippen LogP contribution in [0.1, 0.15) is 72.2 Å². The molecular formula is C41H32N4. The molecule has 4 aliphatic rings. The molecule has 0 unspecified atom stereocenters. The molecule has 45 heavy (non-hydrogen) atoms. The number of nitrogens with zero attached hydrogens (tertiary/aromatic N) is 4. The number of para-hydroxylation sites is 4. The molecule has 0 fully saturated rings. The Morgan fingerprint density at radius 2 is 0.800 bits per heavy atom. The van der Waals surface area contributed by atoms with Crippen LogP contribution in [0.2, 0.25) is 0 Å². The van der Waals surface area contributed by atoms with Crippen LogP contribution in [0, 0.1) is 0 Å². The molecule has 0 radical (unpaired) electrons. The summed E-state index contributed by atoms with van der Waals surface area (Å²) in [4.78, 5) is 14.3. The lowest BCUT2D eigenvalue weighted by molar-refractivity contribution is 0.608. The number of hydrogen-bond donors (Lipinski definition) is 0. The highest BCUT2D eigenvalue weighted by Gasteiger charge is 2.56. The molecule has 4 heteroatoms.